The maximum atomic E-state index is 5.43. The summed E-state index contributed by atoms with van der Waals surface area (Å²) in [7, 11) is 1.73. The molecular weight excluding hydrogens is 200 g/mol. The van der Waals surface area contributed by atoms with Gasteiger partial charge in [0.05, 0.1) is 12.8 Å². The summed E-state index contributed by atoms with van der Waals surface area (Å²) in [6, 6.07) is 4.79. The molecule has 1 fully saturated rings. The molecule has 88 valence electrons. The molecule has 16 heavy (non-hydrogen) atoms. The van der Waals surface area contributed by atoms with Crippen LogP contribution in [0.25, 0.3) is 0 Å². The second-order valence-corrected chi connectivity index (χ2v) is 4.49. The van der Waals surface area contributed by atoms with Gasteiger partial charge in [-0.1, -0.05) is 6.07 Å². The highest BCUT2D eigenvalue weighted by atomic mass is 16.5. The molecule has 1 aromatic carbocycles. The van der Waals surface area contributed by atoms with Gasteiger partial charge in [0.2, 0.25) is 0 Å². The van der Waals surface area contributed by atoms with Crippen molar-refractivity contribution in [2.24, 2.45) is 0 Å². The number of anilines is 1. The lowest BCUT2D eigenvalue weighted by molar-refractivity contribution is 0.415. The van der Waals surface area contributed by atoms with Crippen LogP contribution in [-0.4, -0.2) is 26.2 Å². The summed E-state index contributed by atoms with van der Waals surface area (Å²) in [6.45, 7) is 6.36. The van der Waals surface area contributed by atoms with Crippen LogP contribution >= 0.6 is 0 Å². The lowest BCUT2D eigenvalue weighted by Gasteiger charge is -2.18. The lowest BCUT2D eigenvalue weighted by atomic mass is 10.1. The van der Waals surface area contributed by atoms with Gasteiger partial charge in [0.1, 0.15) is 5.75 Å². The molecule has 0 aliphatic carbocycles. The molecule has 2 N–H and O–H groups in total. The van der Waals surface area contributed by atoms with Gasteiger partial charge in [0.15, 0.2) is 0 Å². The van der Waals surface area contributed by atoms with Crippen LogP contribution in [0.5, 0.6) is 5.75 Å². The van der Waals surface area contributed by atoms with Crippen LogP contribution in [-0.2, 0) is 0 Å². The Morgan fingerprint density at radius 3 is 2.81 bits per heavy atom. The van der Waals surface area contributed by atoms with Crippen molar-refractivity contribution in [3.05, 3.63) is 23.3 Å². The Balaban J connectivity index is 2.23. The van der Waals surface area contributed by atoms with Crippen LogP contribution < -0.4 is 15.4 Å². The predicted molar refractivity (Wildman–Crippen MR) is 67.4 cm³/mol. The standard InChI is InChI=1S/C13H20N2O/c1-9-6-10(2)13(12(7-9)16-3)15-11-4-5-14-8-11/h6-7,11,14-15H,4-5,8H2,1-3H3. The zero-order valence-electron chi connectivity index (χ0n) is 10.3. The van der Waals surface area contributed by atoms with E-state index in [0.717, 1.165) is 24.5 Å². The van der Waals surface area contributed by atoms with E-state index >= 15 is 0 Å². The van der Waals surface area contributed by atoms with E-state index < -0.39 is 0 Å². The molecule has 3 heteroatoms. The average molecular weight is 220 g/mol. The Morgan fingerprint density at radius 2 is 2.19 bits per heavy atom. The first-order chi connectivity index (χ1) is 7.70. The van der Waals surface area contributed by atoms with Gasteiger partial charge in [-0.05, 0) is 44.0 Å². The van der Waals surface area contributed by atoms with Crippen molar-refractivity contribution in [2.45, 2.75) is 26.3 Å². The van der Waals surface area contributed by atoms with Crippen LogP contribution in [0.15, 0.2) is 12.1 Å². The first-order valence-corrected chi connectivity index (χ1v) is 5.83. The normalized spacial score (nSPS) is 19.8. The zero-order valence-corrected chi connectivity index (χ0v) is 10.3. The van der Waals surface area contributed by atoms with Crippen molar-refractivity contribution >= 4 is 5.69 Å². The fourth-order valence-corrected chi connectivity index (χ4v) is 2.26. The molecule has 1 aromatic rings. The first-order valence-electron chi connectivity index (χ1n) is 5.83. The van der Waals surface area contributed by atoms with Gasteiger partial charge in [-0.15, -0.1) is 0 Å². The van der Waals surface area contributed by atoms with Crippen LogP contribution in [0.2, 0.25) is 0 Å². The SMILES string of the molecule is COc1cc(C)cc(C)c1NC1CCNC1. The van der Waals surface area contributed by atoms with Crippen LogP contribution in [0.4, 0.5) is 5.69 Å². The summed E-state index contributed by atoms with van der Waals surface area (Å²) in [5.41, 5.74) is 3.63. The predicted octanol–water partition coefficient (Wildman–Crippen LogP) is 2.09. The number of aryl methyl sites for hydroxylation is 2. The van der Waals surface area contributed by atoms with Crippen LogP contribution in [0.1, 0.15) is 17.5 Å². The fourth-order valence-electron chi connectivity index (χ4n) is 2.26. The molecule has 0 bridgehead atoms. The number of rotatable bonds is 3. The van der Waals surface area contributed by atoms with Crippen LogP contribution in [0, 0.1) is 13.8 Å². The first kappa shape index (κ1) is 11.3. The van der Waals surface area contributed by atoms with E-state index in [1.807, 2.05) is 0 Å². The van der Waals surface area contributed by atoms with Crippen molar-refractivity contribution in [1.82, 2.24) is 5.32 Å². The highest BCUT2D eigenvalue weighted by Crippen LogP contribution is 2.30. The van der Waals surface area contributed by atoms with Crippen molar-refractivity contribution in [3.63, 3.8) is 0 Å². The van der Waals surface area contributed by atoms with Crippen molar-refractivity contribution in [1.29, 1.82) is 0 Å². The summed E-state index contributed by atoms with van der Waals surface area (Å²) in [6.07, 6.45) is 1.18. The van der Waals surface area contributed by atoms with Gasteiger partial charge in [0, 0.05) is 12.6 Å². The molecule has 3 nitrogen and oxygen atoms in total. The van der Waals surface area contributed by atoms with E-state index in [9.17, 15) is 0 Å². The van der Waals surface area contributed by atoms with Gasteiger partial charge < -0.3 is 15.4 Å². The number of methoxy groups -OCH3 is 1. The average Bonchev–Trinajstić information content (AvgIpc) is 2.74. The second kappa shape index (κ2) is 4.74. The highest BCUT2D eigenvalue weighted by molar-refractivity contribution is 5.63. The molecule has 1 heterocycles. The molecule has 2 rings (SSSR count). The minimum absolute atomic E-state index is 0.523. The molecular formula is C13H20N2O. The van der Waals surface area contributed by atoms with Crippen molar-refractivity contribution in [3.8, 4) is 5.75 Å². The smallest absolute Gasteiger partial charge is 0.142 e. The van der Waals surface area contributed by atoms with Gasteiger partial charge in [-0.25, -0.2) is 0 Å². The molecule has 1 saturated heterocycles. The molecule has 0 aromatic heterocycles. The Labute approximate surface area is 97.2 Å². The molecule has 0 saturated carbocycles. The third kappa shape index (κ3) is 2.30. The zero-order chi connectivity index (χ0) is 11.5. The second-order valence-electron chi connectivity index (χ2n) is 4.49. The minimum atomic E-state index is 0.523. The molecule has 0 amide bonds. The monoisotopic (exact) mass is 220 g/mol. The topological polar surface area (TPSA) is 33.3 Å². The number of ether oxygens (including phenoxy) is 1. The lowest BCUT2D eigenvalue weighted by Crippen LogP contribution is -2.22. The third-order valence-electron chi connectivity index (χ3n) is 3.07. The number of nitrogens with one attached hydrogen (secondary N) is 2. The summed E-state index contributed by atoms with van der Waals surface area (Å²) < 4.78 is 5.43. The highest BCUT2D eigenvalue weighted by Gasteiger charge is 2.17. The maximum Gasteiger partial charge on any atom is 0.142 e. The third-order valence-corrected chi connectivity index (χ3v) is 3.07. The van der Waals surface area contributed by atoms with E-state index in [-0.39, 0.29) is 0 Å². The number of hydrogen-bond donors (Lipinski definition) is 2. The summed E-state index contributed by atoms with van der Waals surface area (Å²) in [4.78, 5) is 0. The molecule has 1 unspecified atom stereocenters. The number of benzene rings is 1. The van der Waals surface area contributed by atoms with E-state index in [2.05, 4.69) is 36.6 Å². The van der Waals surface area contributed by atoms with E-state index in [4.69, 9.17) is 4.74 Å². The summed E-state index contributed by atoms with van der Waals surface area (Å²) >= 11 is 0. The Bertz CT molecular complexity index is 370. The summed E-state index contributed by atoms with van der Waals surface area (Å²) in [5.74, 6) is 0.949. The fraction of sp³-hybridized carbons (Fsp3) is 0.538. The van der Waals surface area contributed by atoms with Crippen LogP contribution in [0.3, 0.4) is 0 Å². The number of hydrogen-bond acceptors (Lipinski definition) is 3. The van der Waals surface area contributed by atoms with E-state index in [0.29, 0.717) is 6.04 Å². The molecule has 0 radical (unpaired) electrons. The Morgan fingerprint density at radius 1 is 1.38 bits per heavy atom. The Kier molecular flexibility index (Phi) is 3.34. The van der Waals surface area contributed by atoms with Gasteiger partial charge >= 0.3 is 0 Å². The minimum Gasteiger partial charge on any atom is -0.495 e. The molecule has 0 spiro atoms. The van der Waals surface area contributed by atoms with E-state index in [1.165, 1.54) is 17.5 Å². The quantitative estimate of drug-likeness (QED) is 0.818. The van der Waals surface area contributed by atoms with Crippen molar-refractivity contribution in [2.75, 3.05) is 25.5 Å². The largest absolute Gasteiger partial charge is 0.495 e. The summed E-state index contributed by atoms with van der Waals surface area (Å²) in [5, 5.41) is 6.93. The van der Waals surface area contributed by atoms with Gasteiger partial charge in [0.25, 0.3) is 0 Å². The maximum absolute atomic E-state index is 5.43. The molecule has 1 aliphatic rings. The van der Waals surface area contributed by atoms with Gasteiger partial charge in [-0.3, -0.25) is 0 Å². The van der Waals surface area contributed by atoms with E-state index in [1.54, 1.807) is 7.11 Å². The van der Waals surface area contributed by atoms with Gasteiger partial charge in [-0.2, -0.15) is 0 Å². The van der Waals surface area contributed by atoms with Crippen molar-refractivity contribution < 1.29 is 4.74 Å². The molecule has 1 atom stereocenters. The Hall–Kier alpha value is -1.22. The molecule has 1 aliphatic heterocycles.